The molecule has 0 atom stereocenters. The Hall–Kier alpha value is -0.160. The van der Waals surface area contributed by atoms with Crippen LogP contribution in [0.3, 0.4) is 0 Å². The predicted molar refractivity (Wildman–Crippen MR) is 40.2 cm³/mol. The minimum Gasteiger partial charge on any atom is -0.396 e. The van der Waals surface area contributed by atoms with E-state index in [0.717, 1.165) is 0 Å². The van der Waals surface area contributed by atoms with E-state index in [2.05, 4.69) is 0 Å². The van der Waals surface area contributed by atoms with Crippen LogP contribution in [0.4, 0.5) is 0 Å². The van der Waals surface area contributed by atoms with Crippen molar-refractivity contribution in [3.63, 3.8) is 0 Å². The van der Waals surface area contributed by atoms with Crippen LogP contribution in [-0.4, -0.2) is 43.4 Å². The number of hydrogen-bond donors (Lipinski definition) is 2. The molecule has 0 rings (SSSR count). The molecule has 0 aliphatic carbocycles. The highest BCUT2D eigenvalue weighted by Gasteiger charge is 2.27. The first-order valence-corrected chi connectivity index (χ1v) is 3.56. The van der Waals surface area contributed by atoms with Gasteiger partial charge in [-0.3, -0.25) is 0 Å². The van der Waals surface area contributed by atoms with Gasteiger partial charge in [-0.15, -0.1) is 0 Å². The van der Waals surface area contributed by atoms with Gasteiger partial charge in [-0.05, 0) is 0 Å². The molecule has 0 saturated carbocycles. The molecule has 4 nitrogen and oxygen atoms in total. The maximum absolute atomic E-state index is 8.65. The third-order valence-corrected chi connectivity index (χ3v) is 1.73. The third-order valence-electron chi connectivity index (χ3n) is 1.73. The van der Waals surface area contributed by atoms with Crippen molar-refractivity contribution in [2.45, 2.75) is 18.6 Å². The molecule has 0 aromatic carbocycles. The van der Waals surface area contributed by atoms with Gasteiger partial charge in [0.2, 0.25) is 0 Å². The van der Waals surface area contributed by atoms with Crippen molar-refractivity contribution < 1.29 is 19.7 Å². The van der Waals surface area contributed by atoms with Gasteiger partial charge in [0.25, 0.3) is 0 Å². The lowest BCUT2D eigenvalue weighted by Crippen LogP contribution is -2.35. The van der Waals surface area contributed by atoms with Crippen molar-refractivity contribution in [1.29, 1.82) is 0 Å². The van der Waals surface area contributed by atoms with Crippen LogP contribution in [0.1, 0.15) is 12.8 Å². The fourth-order valence-electron chi connectivity index (χ4n) is 0.957. The Morgan fingerprint density at radius 3 is 1.55 bits per heavy atom. The van der Waals surface area contributed by atoms with E-state index >= 15 is 0 Å². The number of aliphatic hydroxyl groups is 2. The Morgan fingerprint density at radius 2 is 1.36 bits per heavy atom. The first kappa shape index (κ1) is 10.8. The number of aliphatic hydroxyl groups excluding tert-OH is 2. The quantitative estimate of drug-likeness (QED) is 0.531. The molecule has 0 heterocycles. The van der Waals surface area contributed by atoms with Gasteiger partial charge in [0, 0.05) is 40.3 Å². The summed E-state index contributed by atoms with van der Waals surface area (Å²) < 4.78 is 10.1. The highest BCUT2D eigenvalue weighted by molar-refractivity contribution is 4.67. The Balaban J connectivity index is 3.96. The van der Waals surface area contributed by atoms with Gasteiger partial charge in [0.05, 0.1) is 0 Å². The zero-order valence-electron chi connectivity index (χ0n) is 7.04. The molecular formula is C7H16O4. The van der Waals surface area contributed by atoms with Crippen LogP contribution in [0, 0.1) is 0 Å². The minimum atomic E-state index is -0.816. The minimum absolute atomic E-state index is 0.0122. The van der Waals surface area contributed by atoms with Crippen molar-refractivity contribution in [3.05, 3.63) is 0 Å². The summed E-state index contributed by atoms with van der Waals surface area (Å²) in [4.78, 5) is 0. The smallest absolute Gasteiger partial charge is 0.171 e. The molecule has 68 valence electrons. The van der Waals surface area contributed by atoms with Crippen molar-refractivity contribution in [3.8, 4) is 0 Å². The van der Waals surface area contributed by atoms with Crippen LogP contribution < -0.4 is 0 Å². The summed E-state index contributed by atoms with van der Waals surface area (Å²) in [6, 6.07) is 0. The summed E-state index contributed by atoms with van der Waals surface area (Å²) in [5.74, 6) is -0.816. The van der Waals surface area contributed by atoms with E-state index < -0.39 is 5.79 Å². The first-order valence-electron chi connectivity index (χ1n) is 3.56. The molecule has 0 unspecified atom stereocenters. The van der Waals surface area contributed by atoms with Gasteiger partial charge in [0.1, 0.15) is 0 Å². The van der Waals surface area contributed by atoms with Crippen LogP contribution in [0.15, 0.2) is 0 Å². The molecule has 0 radical (unpaired) electrons. The second kappa shape index (κ2) is 5.49. The average Bonchev–Trinajstić information content (AvgIpc) is 2.04. The Kier molecular flexibility index (Phi) is 5.41. The molecule has 0 aromatic heterocycles. The van der Waals surface area contributed by atoms with Crippen molar-refractivity contribution in [1.82, 2.24) is 0 Å². The van der Waals surface area contributed by atoms with E-state index in [0.29, 0.717) is 12.8 Å². The SMILES string of the molecule is COC(CCO)(CCO)OC. The average molecular weight is 164 g/mol. The predicted octanol–water partition coefficient (Wildman–Crippen LogP) is -0.260. The lowest BCUT2D eigenvalue weighted by atomic mass is 10.1. The summed E-state index contributed by atoms with van der Waals surface area (Å²) in [5, 5.41) is 17.3. The number of rotatable bonds is 6. The number of methoxy groups -OCH3 is 2. The molecule has 0 aromatic rings. The highest BCUT2D eigenvalue weighted by atomic mass is 16.7. The first-order chi connectivity index (χ1) is 5.24. The molecule has 0 fully saturated rings. The zero-order chi connectivity index (χ0) is 8.74. The van der Waals surface area contributed by atoms with E-state index in [9.17, 15) is 0 Å². The van der Waals surface area contributed by atoms with Crippen molar-refractivity contribution in [2.75, 3.05) is 27.4 Å². The summed E-state index contributed by atoms with van der Waals surface area (Å²) in [7, 11) is 2.99. The van der Waals surface area contributed by atoms with Crippen LogP contribution >= 0.6 is 0 Å². The molecule has 0 bridgehead atoms. The van der Waals surface area contributed by atoms with Gasteiger partial charge in [-0.1, -0.05) is 0 Å². The van der Waals surface area contributed by atoms with E-state index in [4.69, 9.17) is 19.7 Å². The molecular weight excluding hydrogens is 148 g/mol. The Morgan fingerprint density at radius 1 is 1.00 bits per heavy atom. The number of hydrogen-bond acceptors (Lipinski definition) is 4. The van der Waals surface area contributed by atoms with E-state index in [1.54, 1.807) is 0 Å². The van der Waals surface area contributed by atoms with E-state index in [1.165, 1.54) is 14.2 Å². The van der Waals surface area contributed by atoms with Gasteiger partial charge in [-0.2, -0.15) is 0 Å². The summed E-state index contributed by atoms with van der Waals surface area (Å²) in [6.07, 6.45) is 0.751. The molecule has 0 spiro atoms. The van der Waals surface area contributed by atoms with E-state index in [-0.39, 0.29) is 13.2 Å². The van der Waals surface area contributed by atoms with Crippen molar-refractivity contribution >= 4 is 0 Å². The highest BCUT2D eigenvalue weighted by Crippen LogP contribution is 2.19. The van der Waals surface area contributed by atoms with Gasteiger partial charge >= 0.3 is 0 Å². The summed E-state index contributed by atoms with van der Waals surface area (Å²) in [5.41, 5.74) is 0. The molecule has 2 N–H and O–H groups in total. The maximum atomic E-state index is 8.65. The largest absolute Gasteiger partial charge is 0.396 e. The second-order valence-corrected chi connectivity index (χ2v) is 2.27. The van der Waals surface area contributed by atoms with Crippen molar-refractivity contribution in [2.24, 2.45) is 0 Å². The normalized spacial score (nSPS) is 12.0. The molecule has 0 aliphatic heterocycles. The van der Waals surface area contributed by atoms with E-state index in [1.807, 2.05) is 0 Å². The summed E-state index contributed by atoms with van der Waals surface area (Å²) >= 11 is 0. The van der Waals surface area contributed by atoms with Crippen LogP contribution in [0.25, 0.3) is 0 Å². The maximum Gasteiger partial charge on any atom is 0.171 e. The fourth-order valence-corrected chi connectivity index (χ4v) is 0.957. The van der Waals surface area contributed by atoms with Crippen LogP contribution in [0.2, 0.25) is 0 Å². The molecule has 11 heavy (non-hydrogen) atoms. The monoisotopic (exact) mass is 164 g/mol. The summed E-state index contributed by atoms with van der Waals surface area (Å²) in [6.45, 7) is -0.0244. The standard InChI is InChI=1S/C7H16O4/c1-10-7(11-2,3-5-8)4-6-9/h8-9H,3-6H2,1-2H3. The van der Waals surface area contributed by atoms with Gasteiger partial charge < -0.3 is 19.7 Å². The topological polar surface area (TPSA) is 58.9 Å². The van der Waals surface area contributed by atoms with Crippen LogP contribution in [0.5, 0.6) is 0 Å². The number of ether oxygens (including phenoxy) is 2. The zero-order valence-corrected chi connectivity index (χ0v) is 7.04. The van der Waals surface area contributed by atoms with Gasteiger partial charge in [-0.25, -0.2) is 0 Å². The molecule has 0 saturated heterocycles. The fraction of sp³-hybridized carbons (Fsp3) is 1.00. The molecule has 4 heteroatoms. The molecule has 0 amide bonds. The second-order valence-electron chi connectivity index (χ2n) is 2.27. The third kappa shape index (κ3) is 3.16. The van der Waals surface area contributed by atoms with Crippen LogP contribution in [-0.2, 0) is 9.47 Å². The lowest BCUT2D eigenvalue weighted by molar-refractivity contribution is -0.222. The Bertz CT molecular complexity index is 82.4. The molecule has 0 aliphatic rings. The Labute approximate surface area is 66.7 Å². The lowest BCUT2D eigenvalue weighted by Gasteiger charge is -2.29. The van der Waals surface area contributed by atoms with Gasteiger partial charge in [0.15, 0.2) is 5.79 Å².